The third-order valence-corrected chi connectivity index (χ3v) is 6.55. The van der Waals surface area contributed by atoms with Crippen LogP contribution in [0.3, 0.4) is 0 Å². The van der Waals surface area contributed by atoms with Crippen LogP contribution in [-0.2, 0) is 12.8 Å². The molecule has 0 saturated heterocycles. The van der Waals surface area contributed by atoms with Crippen molar-refractivity contribution in [2.45, 2.75) is 25.2 Å². The number of halogens is 3. The molecular weight excluding hydrogens is 465 g/mol. The molecule has 162 valence electrons. The lowest BCUT2D eigenvalue weighted by molar-refractivity contribution is -0.384. The van der Waals surface area contributed by atoms with Crippen LogP contribution in [0.1, 0.15) is 29.2 Å². The number of rotatable bonds is 5. The summed E-state index contributed by atoms with van der Waals surface area (Å²) in [6.45, 7) is 0. The van der Waals surface area contributed by atoms with Crippen molar-refractivity contribution < 1.29 is 14.4 Å². The van der Waals surface area contributed by atoms with Crippen molar-refractivity contribution in [1.29, 1.82) is 0 Å². The summed E-state index contributed by atoms with van der Waals surface area (Å²) in [5, 5.41) is 17.2. The van der Waals surface area contributed by atoms with E-state index in [-0.39, 0.29) is 16.6 Å². The van der Waals surface area contributed by atoms with E-state index in [1.165, 1.54) is 20.3 Å². The number of nitro benzene ring substituents is 1. The molecule has 1 aliphatic rings. The molecule has 1 atom stereocenters. The van der Waals surface area contributed by atoms with Gasteiger partial charge in [0.25, 0.3) is 5.69 Å². The average Bonchev–Trinajstić information content (AvgIpc) is 3.17. The Labute approximate surface area is 193 Å². The van der Waals surface area contributed by atoms with Gasteiger partial charge in [-0.1, -0.05) is 34.8 Å². The molecule has 0 N–H and O–H groups in total. The summed E-state index contributed by atoms with van der Waals surface area (Å²) in [7, 11) is 3.07. The quantitative estimate of drug-likeness (QED) is 0.328. The maximum absolute atomic E-state index is 11.6. The van der Waals surface area contributed by atoms with Crippen molar-refractivity contribution >= 4 is 40.5 Å². The van der Waals surface area contributed by atoms with E-state index in [0.717, 1.165) is 29.7 Å². The van der Waals surface area contributed by atoms with Crippen molar-refractivity contribution in [2.75, 3.05) is 14.2 Å². The maximum Gasteiger partial charge on any atom is 0.296 e. The smallest absolute Gasteiger partial charge is 0.296 e. The van der Waals surface area contributed by atoms with Crippen molar-refractivity contribution in [3.8, 4) is 17.2 Å². The number of aryl methyl sites for hydroxylation is 1. The highest BCUT2D eigenvalue weighted by Crippen LogP contribution is 2.47. The molecule has 0 radical (unpaired) electrons. The van der Waals surface area contributed by atoms with Gasteiger partial charge >= 0.3 is 0 Å². The van der Waals surface area contributed by atoms with Crippen LogP contribution in [-0.4, -0.2) is 28.9 Å². The van der Waals surface area contributed by atoms with Gasteiger partial charge in [-0.15, -0.1) is 0 Å². The van der Waals surface area contributed by atoms with Crippen LogP contribution in [0.25, 0.3) is 5.69 Å². The molecule has 4 rings (SSSR count). The minimum atomic E-state index is -0.462. The zero-order valence-corrected chi connectivity index (χ0v) is 19.0. The number of hydrogen-bond acceptors (Lipinski definition) is 5. The standard InChI is InChI=1S/C21H18Cl3N3O4/c1-30-17-9-18(31-2)21(24)19(20(17)23)11-3-4-12-10-25-26(15(12)7-11)14-6-5-13(22)8-16(14)27(28)29/h5-6,8-11H,3-4,7H2,1-2H3. The van der Waals surface area contributed by atoms with Gasteiger partial charge in [0.1, 0.15) is 17.2 Å². The summed E-state index contributed by atoms with van der Waals surface area (Å²) < 4.78 is 12.4. The Morgan fingerprint density at radius 3 is 2.42 bits per heavy atom. The van der Waals surface area contributed by atoms with Crippen LogP contribution in [0.5, 0.6) is 11.5 Å². The predicted octanol–water partition coefficient (Wildman–Crippen LogP) is 6.03. The highest BCUT2D eigenvalue weighted by molar-refractivity contribution is 6.38. The Balaban J connectivity index is 1.80. The summed E-state index contributed by atoms with van der Waals surface area (Å²) in [5.41, 5.74) is 2.89. The Morgan fingerprint density at radius 2 is 1.81 bits per heavy atom. The fourth-order valence-corrected chi connectivity index (χ4v) is 5.01. The average molecular weight is 483 g/mol. The zero-order chi connectivity index (χ0) is 22.3. The van der Waals surface area contributed by atoms with Gasteiger partial charge in [-0.25, -0.2) is 4.68 Å². The molecule has 1 aliphatic carbocycles. The first-order valence-corrected chi connectivity index (χ1v) is 10.6. The SMILES string of the molecule is COc1cc(OC)c(Cl)c(C2CCc3cnn(-c4ccc(Cl)cc4[N+](=O)[O-])c3C2)c1Cl. The van der Waals surface area contributed by atoms with Crippen LogP contribution in [0.15, 0.2) is 30.5 Å². The number of aromatic nitrogens is 2. The molecular formula is C21H18Cl3N3O4. The highest BCUT2D eigenvalue weighted by Gasteiger charge is 2.31. The molecule has 1 heterocycles. The Kier molecular flexibility index (Phi) is 6.01. The topological polar surface area (TPSA) is 79.4 Å². The van der Waals surface area contributed by atoms with Gasteiger partial charge in [0.15, 0.2) is 0 Å². The van der Waals surface area contributed by atoms with E-state index in [2.05, 4.69) is 5.10 Å². The molecule has 1 aromatic heterocycles. The molecule has 0 bridgehead atoms. The van der Waals surface area contributed by atoms with Crippen LogP contribution in [0.4, 0.5) is 5.69 Å². The van der Waals surface area contributed by atoms with Crippen LogP contribution >= 0.6 is 34.8 Å². The largest absolute Gasteiger partial charge is 0.495 e. The number of fused-ring (bicyclic) bond motifs is 1. The fourth-order valence-electron chi connectivity index (χ4n) is 4.04. The lowest BCUT2D eigenvalue weighted by atomic mass is 9.83. The molecule has 7 nitrogen and oxygen atoms in total. The molecule has 0 aliphatic heterocycles. The summed E-state index contributed by atoms with van der Waals surface area (Å²) in [4.78, 5) is 11.1. The Morgan fingerprint density at radius 1 is 1.13 bits per heavy atom. The molecule has 0 spiro atoms. The van der Waals surface area contributed by atoms with Crippen LogP contribution in [0.2, 0.25) is 15.1 Å². The van der Waals surface area contributed by atoms with E-state index < -0.39 is 4.92 Å². The van der Waals surface area contributed by atoms with Gasteiger partial charge < -0.3 is 9.47 Å². The number of hydrogen-bond donors (Lipinski definition) is 0. The first kappa shape index (κ1) is 21.7. The summed E-state index contributed by atoms with van der Waals surface area (Å²) in [5.74, 6) is 0.912. The van der Waals surface area contributed by atoms with Crippen molar-refractivity contribution in [2.24, 2.45) is 0 Å². The van der Waals surface area contributed by atoms with Gasteiger partial charge in [0.2, 0.25) is 0 Å². The molecule has 0 amide bonds. The lowest BCUT2D eigenvalue weighted by Gasteiger charge is -2.26. The molecule has 2 aromatic carbocycles. The minimum absolute atomic E-state index is 0.0432. The van der Waals surface area contributed by atoms with Crippen molar-refractivity contribution in [1.82, 2.24) is 9.78 Å². The van der Waals surface area contributed by atoms with E-state index in [1.807, 2.05) is 0 Å². The highest BCUT2D eigenvalue weighted by atomic mass is 35.5. The van der Waals surface area contributed by atoms with Crippen LogP contribution < -0.4 is 9.47 Å². The Hall–Kier alpha value is -2.48. The molecule has 3 aromatic rings. The second-order valence-corrected chi connectivity index (χ2v) is 8.37. The van der Waals surface area contributed by atoms with E-state index >= 15 is 0 Å². The zero-order valence-electron chi connectivity index (χ0n) is 16.7. The normalized spacial score (nSPS) is 15.5. The monoisotopic (exact) mass is 481 g/mol. The second kappa shape index (κ2) is 8.57. The van der Waals surface area contributed by atoms with Crippen molar-refractivity contribution in [3.05, 3.63) is 72.5 Å². The van der Waals surface area contributed by atoms with Gasteiger partial charge in [0.05, 0.1) is 35.4 Å². The second-order valence-electron chi connectivity index (χ2n) is 7.18. The lowest BCUT2D eigenvalue weighted by Crippen LogP contribution is -2.17. The van der Waals surface area contributed by atoms with Crippen molar-refractivity contribution in [3.63, 3.8) is 0 Å². The first-order valence-electron chi connectivity index (χ1n) is 9.45. The van der Waals surface area contributed by atoms with Gasteiger partial charge in [-0.3, -0.25) is 10.1 Å². The molecule has 10 heteroatoms. The van der Waals surface area contributed by atoms with E-state index in [4.69, 9.17) is 44.3 Å². The summed E-state index contributed by atoms with van der Waals surface area (Å²) in [6, 6.07) is 6.19. The maximum atomic E-state index is 11.6. The minimum Gasteiger partial charge on any atom is -0.495 e. The van der Waals surface area contributed by atoms with Crippen LogP contribution in [0, 0.1) is 10.1 Å². The number of methoxy groups -OCH3 is 2. The number of benzene rings is 2. The molecule has 1 unspecified atom stereocenters. The summed E-state index contributed by atoms with van der Waals surface area (Å²) in [6.07, 6.45) is 3.81. The van der Waals surface area contributed by atoms with E-state index in [1.54, 1.807) is 29.1 Å². The van der Waals surface area contributed by atoms with Gasteiger partial charge in [-0.05, 0) is 42.9 Å². The van der Waals surface area contributed by atoms with E-state index in [9.17, 15) is 10.1 Å². The first-order chi connectivity index (χ1) is 14.8. The fraction of sp³-hybridized carbons (Fsp3) is 0.286. The van der Waals surface area contributed by atoms with Gasteiger partial charge in [0, 0.05) is 28.4 Å². The number of nitro groups is 1. The third kappa shape index (κ3) is 3.82. The predicted molar refractivity (Wildman–Crippen MR) is 120 cm³/mol. The summed E-state index contributed by atoms with van der Waals surface area (Å²) >= 11 is 19.2. The molecule has 0 saturated carbocycles. The third-order valence-electron chi connectivity index (χ3n) is 5.54. The van der Waals surface area contributed by atoms with E-state index in [0.29, 0.717) is 33.7 Å². The van der Waals surface area contributed by atoms with Gasteiger partial charge in [-0.2, -0.15) is 5.10 Å². The Bertz CT molecular complexity index is 1150. The molecule has 31 heavy (non-hydrogen) atoms. The molecule has 0 fully saturated rings. The number of nitrogens with zero attached hydrogens (tertiary/aromatic N) is 3. The number of ether oxygens (including phenoxy) is 2.